The first-order chi connectivity index (χ1) is 8.20. The monoisotopic (exact) mass is 298 g/mol. The summed E-state index contributed by atoms with van der Waals surface area (Å²) in [6, 6.07) is 8.11. The van der Waals surface area contributed by atoms with Crippen LogP contribution in [0.4, 0.5) is 4.39 Å². The van der Waals surface area contributed by atoms with Gasteiger partial charge in [0.25, 0.3) is 0 Å². The van der Waals surface area contributed by atoms with E-state index >= 15 is 0 Å². The molecule has 0 saturated heterocycles. The molecular weight excluding hydrogens is 287 g/mol. The van der Waals surface area contributed by atoms with Crippen molar-refractivity contribution < 1.29 is 8.81 Å². The first-order valence-electron chi connectivity index (χ1n) is 5.14. The van der Waals surface area contributed by atoms with Crippen molar-refractivity contribution in [2.75, 3.05) is 0 Å². The highest BCUT2D eigenvalue weighted by molar-refractivity contribution is 9.10. The van der Waals surface area contributed by atoms with Crippen LogP contribution in [0.2, 0.25) is 0 Å². The SMILES string of the molecule is NNC(Cc1ccc(F)cc1Br)c1ccco1. The van der Waals surface area contributed by atoms with Crippen LogP contribution in [-0.2, 0) is 6.42 Å². The van der Waals surface area contributed by atoms with E-state index in [0.717, 1.165) is 15.8 Å². The zero-order valence-electron chi connectivity index (χ0n) is 8.99. The van der Waals surface area contributed by atoms with Crippen LogP contribution in [0.5, 0.6) is 0 Å². The van der Waals surface area contributed by atoms with Crippen LogP contribution in [0.3, 0.4) is 0 Å². The van der Waals surface area contributed by atoms with Crippen LogP contribution in [0, 0.1) is 5.82 Å². The normalized spacial score (nSPS) is 12.6. The molecule has 0 amide bonds. The van der Waals surface area contributed by atoms with E-state index in [1.807, 2.05) is 6.07 Å². The Morgan fingerprint density at radius 2 is 2.24 bits per heavy atom. The predicted molar refractivity (Wildman–Crippen MR) is 66.6 cm³/mol. The molecule has 0 fully saturated rings. The van der Waals surface area contributed by atoms with Gasteiger partial charge in [-0.1, -0.05) is 22.0 Å². The lowest BCUT2D eigenvalue weighted by Gasteiger charge is -2.14. The Balaban J connectivity index is 2.19. The molecule has 0 spiro atoms. The number of furan rings is 1. The molecule has 0 aliphatic heterocycles. The third kappa shape index (κ3) is 2.94. The smallest absolute Gasteiger partial charge is 0.124 e. The van der Waals surface area contributed by atoms with Gasteiger partial charge < -0.3 is 4.42 Å². The van der Waals surface area contributed by atoms with E-state index < -0.39 is 0 Å². The van der Waals surface area contributed by atoms with Gasteiger partial charge in [0.05, 0.1) is 12.3 Å². The van der Waals surface area contributed by atoms with Gasteiger partial charge in [-0.05, 0) is 36.2 Å². The molecule has 3 nitrogen and oxygen atoms in total. The lowest BCUT2D eigenvalue weighted by Crippen LogP contribution is -2.29. The van der Waals surface area contributed by atoms with Crippen LogP contribution in [0.1, 0.15) is 17.4 Å². The molecule has 1 aromatic carbocycles. The van der Waals surface area contributed by atoms with Crippen LogP contribution < -0.4 is 11.3 Å². The van der Waals surface area contributed by atoms with E-state index in [-0.39, 0.29) is 11.9 Å². The average Bonchev–Trinajstić information content (AvgIpc) is 2.81. The summed E-state index contributed by atoms with van der Waals surface area (Å²) in [5.41, 5.74) is 3.65. The van der Waals surface area contributed by atoms with Crippen LogP contribution >= 0.6 is 15.9 Å². The van der Waals surface area contributed by atoms with Gasteiger partial charge in [0.15, 0.2) is 0 Å². The lowest BCUT2D eigenvalue weighted by atomic mass is 10.0. The first kappa shape index (κ1) is 12.3. The van der Waals surface area contributed by atoms with Crippen molar-refractivity contribution in [1.82, 2.24) is 5.43 Å². The standard InChI is InChI=1S/C12H12BrFN2O/c13-10-7-9(14)4-3-8(10)6-11(16-15)12-2-1-5-17-12/h1-5,7,11,16H,6,15H2. The lowest BCUT2D eigenvalue weighted by molar-refractivity contribution is 0.415. The molecule has 0 aliphatic rings. The molecule has 2 rings (SSSR count). The summed E-state index contributed by atoms with van der Waals surface area (Å²) in [4.78, 5) is 0. The second-order valence-corrected chi connectivity index (χ2v) is 4.53. The Labute approximate surface area is 107 Å². The fourth-order valence-electron chi connectivity index (χ4n) is 1.64. The Morgan fingerprint density at radius 1 is 1.41 bits per heavy atom. The van der Waals surface area contributed by atoms with Gasteiger partial charge in [0.1, 0.15) is 11.6 Å². The zero-order valence-corrected chi connectivity index (χ0v) is 10.6. The molecule has 3 N–H and O–H groups in total. The number of benzene rings is 1. The van der Waals surface area contributed by atoms with Crippen molar-refractivity contribution >= 4 is 15.9 Å². The van der Waals surface area contributed by atoms with E-state index in [1.165, 1.54) is 12.1 Å². The summed E-state index contributed by atoms with van der Waals surface area (Å²) >= 11 is 3.33. The number of nitrogens with two attached hydrogens (primary N) is 1. The largest absolute Gasteiger partial charge is 0.468 e. The Morgan fingerprint density at radius 3 is 2.82 bits per heavy atom. The van der Waals surface area contributed by atoms with Crippen LogP contribution in [-0.4, -0.2) is 0 Å². The fraction of sp³-hybridized carbons (Fsp3) is 0.167. The minimum Gasteiger partial charge on any atom is -0.468 e. The van der Waals surface area contributed by atoms with Crippen LogP contribution in [0.15, 0.2) is 45.5 Å². The van der Waals surface area contributed by atoms with E-state index in [0.29, 0.717) is 6.42 Å². The van der Waals surface area contributed by atoms with Crippen molar-refractivity contribution in [2.24, 2.45) is 5.84 Å². The number of nitrogens with one attached hydrogen (secondary N) is 1. The molecule has 0 saturated carbocycles. The molecule has 1 heterocycles. The molecule has 0 radical (unpaired) electrons. The zero-order chi connectivity index (χ0) is 12.3. The summed E-state index contributed by atoms with van der Waals surface area (Å²) in [5.74, 6) is 5.98. The second kappa shape index (κ2) is 5.44. The van der Waals surface area contributed by atoms with Crippen molar-refractivity contribution in [1.29, 1.82) is 0 Å². The Hall–Kier alpha value is -1.17. The minimum absolute atomic E-state index is 0.133. The second-order valence-electron chi connectivity index (χ2n) is 3.67. The molecule has 17 heavy (non-hydrogen) atoms. The maximum absolute atomic E-state index is 13.0. The van der Waals surface area contributed by atoms with E-state index in [1.54, 1.807) is 18.4 Å². The van der Waals surface area contributed by atoms with E-state index in [2.05, 4.69) is 21.4 Å². The number of halogens is 2. The van der Waals surface area contributed by atoms with Crippen molar-refractivity contribution in [2.45, 2.75) is 12.5 Å². The fourth-order valence-corrected chi connectivity index (χ4v) is 2.15. The van der Waals surface area contributed by atoms with Gasteiger partial charge in [0.2, 0.25) is 0 Å². The van der Waals surface area contributed by atoms with Gasteiger partial charge in [-0.3, -0.25) is 5.84 Å². The number of hydrogen-bond donors (Lipinski definition) is 2. The number of hydrazine groups is 1. The van der Waals surface area contributed by atoms with Gasteiger partial charge in [0, 0.05) is 4.47 Å². The Bertz CT molecular complexity index is 487. The van der Waals surface area contributed by atoms with Gasteiger partial charge in [-0.2, -0.15) is 0 Å². The highest BCUT2D eigenvalue weighted by atomic mass is 79.9. The average molecular weight is 299 g/mol. The summed E-state index contributed by atoms with van der Waals surface area (Å²) in [6.07, 6.45) is 2.21. The van der Waals surface area contributed by atoms with Crippen molar-refractivity contribution in [3.05, 3.63) is 58.2 Å². The van der Waals surface area contributed by atoms with Crippen molar-refractivity contribution in [3.8, 4) is 0 Å². The predicted octanol–water partition coefficient (Wildman–Crippen LogP) is 2.93. The van der Waals surface area contributed by atoms with Gasteiger partial charge in [-0.15, -0.1) is 0 Å². The molecular formula is C12H12BrFN2O. The van der Waals surface area contributed by atoms with Crippen molar-refractivity contribution in [3.63, 3.8) is 0 Å². The number of hydrogen-bond acceptors (Lipinski definition) is 3. The van der Waals surface area contributed by atoms with E-state index in [9.17, 15) is 4.39 Å². The third-order valence-corrected chi connectivity index (χ3v) is 3.27. The summed E-state index contributed by atoms with van der Waals surface area (Å²) < 4.78 is 19.0. The minimum atomic E-state index is -0.268. The molecule has 0 aliphatic carbocycles. The quantitative estimate of drug-likeness (QED) is 0.674. The summed E-state index contributed by atoms with van der Waals surface area (Å²) in [7, 11) is 0. The highest BCUT2D eigenvalue weighted by Gasteiger charge is 2.14. The molecule has 2 aromatic rings. The van der Waals surface area contributed by atoms with Gasteiger partial charge in [-0.25, -0.2) is 9.82 Å². The maximum Gasteiger partial charge on any atom is 0.124 e. The molecule has 1 aromatic heterocycles. The topological polar surface area (TPSA) is 51.2 Å². The van der Waals surface area contributed by atoms with Gasteiger partial charge >= 0.3 is 0 Å². The maximum atomic E-state index is 13.0. The molecule has 1 atom stereocenters. The highest BCUT2D eigenvalue weighted by Crippen LogP contribution is 2.24. The molecule has 90 valence electrons. The molecule has 5 heteroatoms. The van der Waals surface area contributed by atoms with E-state index in [4.69, 9.17) is 10.3 Å². The molecule has 0 bridgehead atoms. The number of rotatable bonds is 4. The Kier molecular flexibility index (Phi) is 3.93. The van der Waals surface area contributed by atoms with Crippen LogP contribution in [0.25, 0.3) is 0 Å². The summed E-state index contributed by atoms with van der Waals surface area (Å²) in [6.45, 7) is 0. The third-order valence-electron chi connectivity index (χ3n) is 2.53. The first-order valence-corrected chi connectivity index (χ1v) is 5.93. The molecule has 1 unspecified atom stereocenters. The summed E-state index contributed by atoms with van der Waals surface area (Å²) in [5, 5.41) is 0.